The number of carbonyl (C=O) groups excluding carboxylic acids is 1. The van der Waals surface area contributed by atoms with Crippen LogP contribution in [0.2, 0.25) is 0 Å². The summed E-state index contributed by atoms with van der Waals surface area (Å²) in [6.07, 6.45) is -0.653. The molecule has 0 radical (unpaired) electrons. The van der Waals surface area contributed by atoms with Crippen molar-refractivity contribution in [2.75, 3.05) is 0 Å². The highest BCUT2D eigenvalue weighted by Gasteiger charge is 2.24. The lowest BCUT2D eigenvalue weighted by Crippen LogP contribution is -2.44. The van der Waals surface area contributed by atoms with Crippen LogP contribution in [-0.4, -0.2) is 28.8 Å². The first-order chi connectivity index (χ1) is 9.71. The zero-order valence-electron chi connectivity index (χ0n) is 12.2. The van der Waals surface area contributed by atoms with Crippen LogP contribution in [0.15, 0.2) is 24.3 Å². The summed E-state index contributed by atoms with van der Waals surface area (Å²) in [4.78, 5) is 26.1. The zero-order chi connectivity index (χ0) is 16.0. The second-order valence-corrected chi connectivity index (χ2v) is 5.52. The van der Waals surface area contributed by atoms with E-state index in [4.69, 9.17) is 16.4 Å². The van der Waals surface area contributed by atoms with Gasteiger partial charge in [0.25, 0.3) is 0 Å². The van der Waals surface area contributed by atoms with E-state index < -0.39 is 23.7 Å². The molecule has 0 aliphatic heterocycles. The van der Waals surface area contributed by atoms with Gasteiger partial charge >= 0.3 is 12.1 Å². The monoisotopic (exact) mass is 290 g/mol. The fourth-order valence-corrected chi connectivity index (χ4v) is 1.59. The first-order valence-electron chi connectivity index (χ1n) is 6.40. The summed E-state index contributed by atoms with van der Waals surface area (Å²) in [5.74, 6) is -1.14. The van der Waals surface area contributed by atoms with E-state index in [0.29, 0.717) is 11.3 Å². The zero-order valence-corrected chi connectivity index (χ0v) is 12.2. The fraction of sp³-hybridized carbons (Fsp3) is 0.400. The molecule has 1 rings (SSSR count). The molecule has 0 saturated carbocycles. The molecule has 0 spiro atoms. The molecule has 1 atom stereocenters. The maximum atomic E-state index is 11.6. The van der Waals surface area contributed by atoms with E-state index in [0.717, 1.165) is 0 Å². The third-order valence-corrected chi connectivity index (χ3v) is 2.49. The molecule has 1 aromatic rings. The predicted octanol–water partition coefficient (Wildman–Crippen LogP) is 2.76. The molecule has 21 heavy (non-hydrogen) atoms. The van der Waals surface area contributed by atoms with Gasteiger partial charge in [-0.15, -0.1) is 0 Å². The maximum Gasteiger partial charge on any atom is 0.408 e. The lowest BCUT2D eigenvalue weighted by molar-refractivity contribution is -0.139. The Morgan fingerprint density at radius 3 is 2.33 bits per heavy atom. The molecule has 2 N–H and O–H groups in total. The van der Waals surface area contributed by atoms with Gasteiger partial charge in [-0.3, -0.25) is 0 Å². The van der Waals surface area contributed by atoms with Crippen LogP contribution in [0.25, 0.3) is 4.85 Å². The lowest BCUT2D eigenvalue weighted by Gasteiger charge is -2.22. The molecule has 0 aromatic heterocycles. The highest BCUT2D eigenvalue weighted by molar-refractivity contribution is 5.80. The molecule has 1 unspecified atom stereocenters. The van der Waals surface area contributed by atoms with E-state index in [-0.39, 0.29) is 6.42 Å². The molecule has 6 nitrogen and oxygen atoms in total. The number of alkyl carbamates (subject to hydrolysis) is 1. The quantitative estimate of drug-likeness (QED) is 0.836. The van der Waals surface area contributed by atoms with Crippen LogP contribution >= 0.6 is 0 Å². The molecule has 0 heterocycles. The Morgan fingerprint density at radius 2 is 1.90 bits per heavy atom. The summed E-state index contributed by atoms with van der Waals surface area (Å²) in [6.45, 7) is 12.0. The number of carbonyl (C=O) groups is 2. The van der Waals surface area contributed by atoms with Crippen molar-refractivity contribution >= 4 is 17.7 Å². The average Bonchev–Trinajstić information content (AvgIpc) is 2.36. The van der Waals surface area contributed by atoms with Gasteiger partial charge in [0, 0.05) is 6.42 Å². The smallest absolute Gasteiger partial charge is 0.408 e. The maximum absolute atomic E-state index is 11.6. The summed E-state index contributed by atoms with van der Waals surface area (Å²) in [7, 11) is 0. The van der Waals surface area contributed by atoms with E-state index in [1.54, 1.807) is 45.0 Å². The number of carboxylic acids is 1. The van der Waals surface area contributed by atoms with Crippen LogP contribution in [-0.2, 0) is 16.0 Å². The van der Waals surface area contributed by atoms with Crippen LogP contribution in [0.3, 0.4) is 0 Å². The third kappa shape index (κ3) is 5.95. The van der Waals surface area contributed by atoms with E-state index in [2.05, 4.69) is 10.2 Å². The van der Waals surface area contributed by atoms with E-state index >= 15 is 0 Å². The van der Waals surface area contributed by atoms with Crippen molar-refractivity contribution in [1.82, 2.24) is 5.32 Å². The van der Waals surface area contributed by atoms with Gasteiger partial charge < -0.3 is 15.2 Å². The van der Waals surface area contributed by atoms with Crippen molar-refractivity contribution in [3.8, 4) is 0 Å². The lowest BCUT2D eigenvalue weighted by atomic mass is 10.1. The Labute approximate surface area is 123 Å². The second-order valence-electron chi connectivity index (χ2n) is 5.52. The summed E-state index contributed by atoms with van der Waals surface area (Å²) in [5.41, 5.74) is 0.501. The minimum Gasteiger partial charge on any atom is -0.480 e. The molecule has 0 aliphatic carbocycles. The van der Waals surface area contributed by atoms with Gasteiger partial charge in [0.05, 0.1) is 6.57 Å². The molecule has 0 saturated heterocycles. The number of hydrogen-bond donors (Lipinski definition) is 2. The van der Waals surface area contributed by atoms with Crippen molar-refractivity contribution in [2.24, 2.45) is 0 Å². The summed E-state index contributed by atoms with van der Waals surface area (Å²) < 4.78 is 5.04. The summed E-state index contributed by atoms with van der Waals surface area (Å²) in [5, 5.41) is 11.5. The van der Waals surface area contributed by atoms with Crippen LogP contribution < -0.4 is 5.32 Å². The largest absolute Gasteiger partial charge is 0.480 e. The predicted molar refractivity (Wildman–Crippen MR) is 77.2 cm³/mol. The normalized spacial score (nSPS) is 12.1. The highest BCUT2D eigenvalue weighted by Crippen LogP contribution is 2.14. The van der Waals surface area contributed by atoms with Crippen LogP contribution in [0.1, 0.15) is 26.3 Å². The van der Waals surface area contributed by atoms with Crippen molar-refractivity contribution < 1.29 is 19.4 Å². The third-order valence-electron chi connectivity index (χ3n) is 2.49. The minimum atomic E-state index is -1.14. The van der Waals surface area contributed by atoms with Gasteiger partial charge in [-0.05, 0) is 26.3 Å². The van der Waals surface area contributed by atoms with Crippen molar-refractivity contribution in [3.63, 3.8) is 0 Å². The molecule has 0 aliphatic rings. The van der Waals surface area contributed by atoms with Gasteiger partial charge in [0.15, 0.2) is 5.69 Å². The molecule has 6 heteroatoms. The molecule has 0 bridgehead atoms. The number of nitrogens with one attached hydrogen (secondary N) is 1. The highest BCUT2D eigenvalue weighted by atomic mass is 16.6. The second kappa shape index (κ2) is 6.75. The molecule has 112 valence electrons. The average molecular weight is 290 g/mol. The van der Waals surface area contributed by atoms with Gasteiger partial charge in [-0.2, -0.15) is 0 Å². The Morgan fingerprint density at radius 1 is 1.33 bits per heavy atom. The van der Waals surface area contributed by atoms with Crippen molar-refractivity contribution in [3.05, 3.63) is 41.2 Å². The van der Waals surface area contributed by atoms with Gasteiger partial charge in [-0.25, -0.2) is 14.4 Å². The molecule has 1 amide bonds. The number of amides is 1. The molecule has 0 fully saturated rings. The first kappa shape index (κ1) is 16.5. The number of hydrogen-bond acceptors (Lipinski definition) is 3. The van der Waals surface area contributed by atoms with Crippen molar-refractivity contribution in [1.29, 1.82) is 0 Å². The topological polar surface area (TPSA) is 80.0 Å². The number of rotatable bonds is 4. The standard InChI is InChI=1S/C15H18N2O4/c1-15(2,3)21-14(20)17-12(13(18)19)9-10-5-7-11(16-4)8-6-10/h5-8,12H,9H2,1-3H3,(H,17,20)(H,18,19). The Hall–Kier alpha value is -2.55. The Bertz CT molecular complexity index is 553. The van der Waals surface area contributed by atoms with E-state index in [1.165, 1.54) is 0 Å². The van der Waals surface area contributed by atoms with E-state index in [1.807, 2.05) is 0 Å². The number of ether oxygens (including phenoxy) is 1. The number of benzene rings is 1. The van der Waals surface area contributed by atoms with Crippen LogP contribution in [0, 0.1) is 6.57 Å². The van der Waals surface area contributed by atoms with Crippen molar-refractivity contribution in [2.45, 2.75) is 38.8 Å². The molecular weight excluding hydrogens is 272 g/mol. The Kier molecular flexibility index (Phi) is 5.30. The SMILES string of the molecule is [C-]#[N+]c1ccc(CC(NC(=O)OC(C)(C)C)C(=O)O)cc1. The minimum absolute atomic E-state index is 0.118. The van der Waals surface area contributed by atoms with Gasteiger partial charge in [0.1, 0.15) is 11.6 Å². The van der Waals surface area contributed by atoms with Crippen LogP contribution in [0.4, 0.5) is 10.5 Å². The molecule has 1 aromatic carbocycles. The van der Waals surface area contributed by atoms with E-state index in [9.17, 15) is 9.59 Å². The first-order valence-corrected chi connectivity index (χ1v) is 6.40. The number of aliphatic carboxylic acids is 1. The Balaban J connectivity index is 2.72. The fourth-order valence-electron chi connectivity index (χ4n) is 1.59. The number of carboxylic acid groups (broad SMARTS) is 1. The summed E-state index contributed by atoms with van der Waals surface area (Å²) >= 11 is 0. The van der Waals surface area contributed by atoms with Gasteiger partial charge in [-0.1, -0.05) is 24.3 Å². The van der Waals surface area contributed by atoms with Crippen LogP contribution in [0.5, 0.6) is 0 Å². The number of nitrogens with zero attached hydrogens (tertiary/aromatic N) is 1. The van der Waals surface area contributed by atoms with Gasteiger partial charge in [0.2, 0.25) is 0 Å². The molecular formula is C15H18N2O4. The summed E-state index contributed by atoms with van der Waals surface area (Å²) in [6, 6.07) is 5.46.